The van der Waals surface area contributed by atoms with Crippen LogP contribution in [-0.2, 0) is 18.9 Å². The molecular weight excluding hydrogens is 202 g/mol. The first-order valence-corrected chi connectivity index (χ1v) is 4.79. The van der Waals surface area contributed by atoms with Gasteiger partial charge in [0.2, 0.25) is 0 Å². The number of aliphatic hydroxyl groups excluding tert-OH is 1. The van der Waals surface area contributed by atoms with E-state index < -0.39 is 18.4 Å². The minimum atomic E-state index is -1.05. The number of nitrogens with two attached hydrogens (primary N) is 1. The summed E-state index contributed by atoms with van der Waals surface area (Å²) in [7, 11) is 4.63. The molecule has 90 valence electrons. The van der Waals surface area contributed by atoms with E-state index in [9.17, 15) is 5.11 Å². The molecule has 6 nitrogen and oxygen atoms in total. The Morgan fingerprint density at radius 1 is 1.20 bits per heavy atom. The third kappa shape index (κ3) is 2.66. The molecular formula is C9H19NO5. The van der Waals surface area contributed by atoms with Crippen molar-refractivity contribution < 1.29 is 24.1 Å². The van der Waals surface area contributed by atoms with Gasteiger partial charge in [0, 0.05) is 21.3 Å². The van der Waals surface area contributed by atoms with Gasteiger partial charge in [0.1, 0.15) is 18.3 Å². The molecule has 1 aliphatic rings. The first-order chi connectivity index (χ1) is 7.15. The fourth-order valence-electron chi connectivity index (χ4n) is 1.82. The predicted molar refractivity (Wildman–Crippen MR) is 52.3 cm³/mol. The quantitative estimate of drug-likeness (QED) is 0.614. The Balaban J connectivity index is 2.73. The molecule has 0 radical (unpaired) electrons. The van der Waals surface area contributed by atoms with E-state index in [-0.39, 0.29) is 12.2 Å². The maximum Gasteiger partial charge on any atom is 0.173 e. The van der Waals surface area contributed by atoms with Crippen molar-refractivity contribution in [2.45, 2.75) is 30.6 Å². The molecule has 6 heteroatoms. The van der Waals surface area contributed by atoms with Gasteiger partial charge < -0.3 is 29.8 Å². The average Bonchev–Trinajstić information content (AvgIpc) is 2.23. The summed E-state index contributed by atoms with van der Waals surface area (Å²) in [6.07, 6.45) is -2.17. The molecule has 0 aliphatic carbocycles. The Kier molecular flexibility index (Phi) is 4.91. The van der Waals surface area contributed by atoms with Crippen LogP contribution in [0.5, 0.6) is 0 Å². The lowest BCUT2D eigenvalue weighted by Crippen LogP contribution is -2.63. The standard InChI is InChI=1S/C9H19NO5/c1-12-4-5-7(13-2)8(14-3)6(10)9(11)15-5/h5-9,11H,4,10H2,1-3H3/t5-,6-,7-,8-,9?/m1/s1. The molecule has 0 saturated carbocycles. The summed E-state index contributed by atoms with van der Waals surface area (Å²) in [5.74, 6) is 0. The van der Waals surface area contributed by atoms with Gasteiger partial charge in [-0.15, -0.1) is 0 Å². The van der Waals surface area contributed by atoms with Crippen LogP contribution in [0.2, 0.25) is 0 Å². The lowest BCUT2D eigenvalue weighted by Gasteiger charge is -2.42. The maximum atomic E-state index is 9.55. The molecule has 1 rings (SSSR count). The molecule has 1 fully saturated rings. The molecule has 0 aromatic rings. The molecule has 0 spiro atoms. The highest BCUT2D eigenvalue weighted by Gasteiger charge is 2.44. The first-order valence-electron chi connectivity index (χ1n) is 4.79. The number of methoxy groups -OCH3 is 3. The smallest absolute Gasteiger partial charge is 0.173 e. The van der Waals surface area contributed by atoms with Crippen LogP contribution in [0.15, 0.2) is 0 Å². The van der Waals surface area contributed by atoms with Crippen LogP contribution in [0.4, 0.5) is 0 Å². The molecule has 1 saturated heterocycles. The van der Waals surface area contributed by atoms with Crippen LogP contribution < -0.4 is 5.73 Å². The fourth-order valence-corrected chi connectivity index (χ4v) is 1.82. The Bertz CT molecular complexity index is 191. The van der Waals surface area contributed by atoms with E-state index >= 15 is 0 Å². The zero-order chi connectivity index (χ0) is 11.4. The number of aliphatic hydroxyl groups is 1. The van der Waals surface area contributed by atoms with Crippen molar-refractivity contribution in [2.24, 2.45) is 5.73 Å². The molecule has 1 aliphatic heterocycles. The zero-order valence-electron chi connectivity index (χ0n) is 9.25. The average molecular weight is 221 g/mol. The lowest BCUT2D eigenvalue weighted by molar-refractivity contribution is -0.259. The summed E-state index contributed by atoms with van der Waals surface area (Å²) < 4.78 is 20.7. The van der Waals surface area contributed by atoms with Gasteiger partial charge in [0.05, 0.1) is 12.6 Å². The van der Waals surface area contributed by atoms with Crippen LogP contribution in [0, 0.1) is 0 Å². The molecule has 0 amide bonds. The highest BCUT2D eigenvalue weighted by molar-refractivity contribution is 4.92. The maximum absolute atomic E-state index is 9.55. The largest absolute Gasteiger partial charge is 0.382 e. The molecule has 1 unspecified atom stereocenters. The van der Waals surface area contributed by atoms with Crippen LogP contribution in [0.3, 0.4) is 0 Å². The summed E-state index contributed by atoms with van der Waals surface area (Å²) >= 11 is 0. The molecule has 15 heavy (non-hydrogen) atoms. The van der Waals surface area contributed by atoms with Crippen molar-refractivity contribution in [2.75, 3.05) is 27.9 Å². The van der Waals surface area contributed by atoms with Crippen LogP contribution in [-0.4, -0.2) is 63.7 Å². The summed E-state index contributed by atoms with van der Waals surface area (Å²) in [6, 6.07) is -0.618. The normalized spacial score (nSPS) is 41.8. The van der Waals surface area contributed by atoms with Gasteiger partial charge in [-0.3, -0.25) is 0 Å². The van der Waals surface area contributed by atoms with Gasteiger partial charge in [0.15, 0.2) is 6.29 Å². The molecule has 3 N–H and O–H groups in total. The van der Waals surface area contributed by atoms with Crippen molar-refractivity contribution in [1.29, 1.82) is 0 Å². The zero-order valence-corrected chi connectivity index (χ0v) is 9.25. The molecule has 0 aromatic carbocycles. The van der Waals surface area contributed by atoms with Crippen molar-refractivity contribution in [3.8, 4) is 0 Å². The summed E-state index contributed by atoms with van der Waals surface area (Å²) in [4.78, 5) is 0. The van der Waals surface area contributed by atoms with Gasteiger partial charge in [-0.2, -0.15) is 0 Å². The third-order valence-electron chi connectivity index (χ3n) is 2.59. The second-order valence-electron chi connectivity index (χ2n) is 3.50. The second-order valence-corrected chi connectivity index (χ2v) is 3.50. The topological polar surface area (TPSA) is 83.2 Å². The van der Waals surface area contributed by atoms with Crippen LogP contribution in [0.1, 0.15) is 0 Å². The lowest BCUT2D eigenvalue weighted by atomic mass is 9.97. The van der Waals surface area contributed by atoms with Gasteiger partial charge >= 0.3 is 0 Å². The van der Waals surface area contributed by atoms with Crippen molar-refractivity contribution >= 4 is 0 Å². The Morgan fingerprint density at radius 3 is 2.27 bits per heavy atom. The molecule has 1 heterocycles. The van der Waals surface area contributed by atoms with Crippen LogP contribution >= 0.6 is 0 Å². The molecule has 0 aromatic heterocycles. The number of rotatable bonds is 4. The van der Waals surface area contributed by atoms with Gasteiger partial charge in [-0.1, -0.05) is 0 Å². The SMILES string of the molecule is COC[C@H]1OC(O)[C@H](N)[C@@H](OC)[C@@H]1OC. The summed E-state index contributed by atoms with van der Waals surface area (Å²) in [6.45, 7) is 0.322. The van der Waals surface area contributed by atoms with Gasteiger partial charge in [-0.25, -0.2) is 0 Å². The summed E-state index contributed by atoms with van der Waals surface area (Å²) in [5, 5.41) is 9.55. The minimum Gasteiger partial charge on any atom is -0.382 e. The molecule has 5 atom stereocenters. The van der Waals surface area contributed by atoms with E-state index in [0.717, 1.165) is 0 Å². The predicted octanol–water partition coefficient (Wildman–Crippen LogP) is -1.29. The summed E-state index contributed by atoms with van der Waals surface area (Å²) in [5.41, 5.74) is 5.74. The first kappa shape index (κ1) is 12.8. The van der Waals surface area contributed by atoms with Crippen molar-refractivity contribution in [3.63, 3.8) is 0 Å². The molecule has 0 bridgehead atoms. The van der Waals surface area contributed by atoms with Gasteiger partial charge in [0.25, 0.3) is 0 Å². The van der Waals surface area contributed by atoms with Crippen LogP contribution in [0.25, 0.3) is 0 Å². The Labute approximate surface area is 89.2 Å². The van der Waals surface area contributed by atoms with E-state index in [2.05, 4.69) is 0 Å². The Hall–Kier alpha value is -0.240. The third-order valence-corrected chi connectivity index (χ3v) is 2.59. The highest BCUT2D eigenvalue weighted by Crippen LogP contribution is 2.22. The monoisotopic (exact) mass is 221 g/mol. The Morgan fingerprint density at radius 2 is 1.80 bits per heavy atom. The second kappa shape index (κ2) is 5.74. The van der Waals surface area contributed by atoms with Gasteiger partial charge in [-0.05, 0) is 0 Å². The fraction of sp³-hybridized carbons (Fsp3) is 1.00. The number of hydrogen-bond acceptors (Lipinski definition) is 6. The highest BCUT2D eigenvalue weighted by atomic mass is 16.6. The van der Waals surface area contributed by atoms with E-state index in [1.807, 2.05) is 0 Å². The minimum absolute atomic E-state index is 0.322. The van der Waals surface area contributed by atoms with E-state index in [4.69, 9.17) is 24.7 Å². The van der Waals surface area contributed by atoms with E-state index in [1.165, 1.54) is 7.11 Å². The number of ether oxygens (including phenoxy) is 4. The van der Waals surface area contributed by atoms with Crippen molar-refractivity contribution in [1.82, 2.24) is 0 Å². The van der Waals surface area contributed by atoms with E-state index in [1.54, 1.807) is 14.2 Å². The number of hydrogen-bond donors (Lipinski definition) is 2. The van der Waals surface area contributed by atoms with E-state index in [0.29, 0.717) is 6.61 Å². The van der Waals surface area contributed by atoms with Crippen molar-refractivity contribution in [3.05, 3.63) is 0 Å².